The van der Waals surface area contributed by atoms with E-state index in [0.717, 1.165) is 24.6 Å². The maximum Gasteiger partial charge on any atom is 0.119 e. The first kappa shape index (κ1) is 19.0. The first-order chi connectivity index (χ1) is 11.6. The maximum atomic E-state index is 10.0. The van der Waals surface area contributed by atoms with Gasteiger partial charge in [0.05, 0.1) is 32.5 Å². The Balaban J connectivity index is 1.71. The zero-order valence-electron chi connectivity index (χ0n) is 14.8. The Labute approximate surface area is 144 Å². The van der Waals surface area contributed by atoms with Crippen LogP contribution in [0, 0.1) is 0 Å². The second kappa shape index (κ2) is 9.84. The summed E-state index contributed by atoms with van der Waals surface area (Å²) in [5, 5.41) is 10.0. The van der Waals surface area contributed by atoms with Crippen LogP contribution in [0.5, 0.6) is 11.5 Å². The van der Waals surface area contributed by atoms with Crippen molar-refractivity contribution in [3.63, 3.8) is 0 Å². The molecule has 2 unspecified atom stereocenters. The maximum absolute atomic E-state index is 10.0. The van der Waals surface area contributed by atoms with E-state index in [0.29, 0.717) is 26.4 Å². The van der Waals surface area contributed by atoms with E-state index in [4.69, 9.17) is 18.9 Å². The van der Waals surface area contributed by atoms with E-state index in [1.54, 1.807) is 7.11 Å². The van der Waals surface area contributed by atoms with Crippen LogP contribution < -0.4 is 9.47 Å². The molecule has 0 spiro atoms. The van der Waals surface area contributed by atoms with Crippen LogP contribution in [-0.2, 0) is 9.47 Å². The Kier molecular flexibility index (Phi) is 7.78. The van der Waals surface area contributed by atoms with Crippen LogP contribution in [0.2, 0.25) is 0 Å². The third kappa shape index (κ3) is 6.65. The zero-order chi connectivity index (χ0) is 17.4. The van der Waals surface area contributed by atoms with E-state index in [1.165, 1.54) is 0 Å². The monoisotopic (exact) mass is 339 g/mol. The standard InChI is InChI=1S/C18H29NO5/c1-14(2)23-12-15(20)10-19-8-9-22-18(11-19)13-24-17-6-4-16(21-3)5-7-17/h4-7,14-15,18,20H,8-13H2,1-3H3. The highest BCUT2D eigenvalue weighted by atomic mass is 16.5. The van der Waals surface area contributed by atoms with Crippen LogP contribution in [0.1, 0.15) is 13.8 Å². The van der Waals surface area contributed by atoms with Gasteiger partial charge in [0.15, 0.2) is 0 Å². The van der Waals surface area contributed by atoms with Gasteiger partial charge < -0.3 is 24.1 Å². The topological polar surface area (TPSA) is 60.4 Å². The smallest absolute Gasteiger partial charge is 0.119 e. The second-order valence-electron chi connectivity index (χ2n) is 6.27. The normalized spacial score (nSPS) is 20.1. The number of benzene rings is 1. The lowest BCUT2D eigenvalue weighted by Gasteiger charge is -2.34. The molecule has 0 amide bonds. The minimum Gasteiger partial charge on any atom is -0.497 e. The summed E-state index contributed by atoms with van der Waals surface area (Å²) in [5.41, 5.74) is 0. The fourth-order valence-electron chi connectivity index (χ4n) is 2.56. The van der Waals surface area contributed by atoms with E-state index in [1.807, 2.05) is 38.1 Å². The van der Waals surface area contributed by atoms with Crippen LogP contribution in [0.4, 0.5) is 0 Å². The van der Waals surface area contributed by atoms with Crippen molar-refractivity contribution in [2.24, 2.45) is 0 Å². The molecular formula is C18H29NO5. The van der Waals surface area contributed by atoms with Crippen LogP contribution in [-0.4, -0.2) is 74.9 Å². The molecule has 2 rings (SSSR count). The third-order valence-corrected chi connectivity index (χ3v) is 3.81. The number of aliphatic hydroxyl groups excluding tert-OH is 1. The van der Waals surface area contributed by atoms with Crippen molar-refractivity contribution >= 4 is 0 Å². The van der Waals surface area contributed by atoms with Crippen molar-refractivity contribution < 1.29 is 24.1 Å². The molecule has 0 radical (unpaired) electrons. The van der Waals surface area contributed by atoms with Crippen molar-refractivity contribution in [3.8, 4) is 11.5 Å². The first-order valence-corrected chi connectivity index (χ1v) is 8.47. The minimum absolute atomic E-state index is 0.000862. The van der Waals surface area contributed by atoms with E-state index >= 15 is 0 Å². The van der Waals surface area contributed by atoms with E-state index in [9.17, 15) is 5.11 Å². The van der Waals surface area contributed by atoms with Crippen molar-refractivity contribution in [1.29, 1.82) is 0 Å². The Morgan fingerprint density at radius 2 is 1.96 bits per heavy atom. The Hall–Kier alpha value is -1.34. The van der Waals surface area contributed by atoms with E-state index in [-0.39, 0.29) is 12.2 Å². The highest BCUT2D eigenvalue weighted by Gasteiger charge is 2.23. The molecule has 0 bridgehead atoms. The fraction of sp³-hybridized carbons (Fsp3) is 0.667. The third-order valence-electron chi connectivity index (χ3n) is 3.81. The molecule has 1 aromatic carbocycles. The molecule has 1 aromatic rings. The van der Waals surface area contributed by atoms with Crippen LogP contribution in [0.3, 0.4) is 0 Å². The summed E-state index contributed by atoms with van der Waals surface area (Å²) in [5.74, 6) is 1.60. The molecule has 136 valence electrons. The number of rotatable bonds is 9. The quantitative estimate of drug-likeness (QED) is 0.737. The predicted octanol–water partition coefficient (Wildman–Crippen LogP) is 1.56. The van der Waals surface area contributed by atoms with Crippen LogP contribution >= 0.6 is 0 Å². The summed E-state index contributed by atoms with van der Waals surface area (Å²) in [6.07, 6.45) is -0.345. The number of nitrogens with zero attached hydrogens (tertiary/aromatic N) is 1. The highest BCUT2D eigenvalue weighted by molar-refractivity contribution is 5.31. The first-order valence-electron chi connectivity index (χ1n) is 8.47. The molecular weight excluding hydrogens is 310 g/mol. The molecule has 0 aromatic heterocycles. The minimum atomic E-state index is -0.478. The van der Waals surface area contributed by atoms with Gasteiger partial charge in [-0.3, -0.25) is 4.90 Å². The summed E-state index contributed by atoms with van der Waals surface area (Å²) in [6, 6.07) is 7.50. The number of aliphatic hydroxyl groups is 1. The number of morpholine rings is 1. The number of ether oxygens (including phenoxy) is 4. The van der Waals surface area contributed by atoms with Crippen molar-refractivity contribution in [2.75, 3.05) is 46.6 Å². The van der Waals surface area contributed by atoms with Crippen LogP contribution in [0.25, 0.3) is 0 Å². The summed E-state index contributed by atoms with van der Waals surface area (Å²) < 4.78 is 22.1. The number of hydrogen-bond donors (Lipinski definition) is 1. The largest absolute Gasteiger partial charge is 0.497 e. The van der Waals surface area contributed by atoms with E-state index in [2.05, 4.69) is 4.90 Å². The van der Waals surface area contributed by atoms with Crippen molar-refractivity contribution in [1.82, 2.24) is 4.90 Å². The highest BCUT2D eigenvalue weighted by Crippen LogP contribution is 2.18. The predicted molar refractivity (Wildman–Crippen MR) is 91.8 cm³/mol. The Morgan fingerprint density at radius 3 is 2.62 bits per heavy atom. The average Bonchev–Trinajstić information content (AvgIpc) is 2.59. The van der Waals surface area contributed by atoms with Gasteiger partial charge in [0.25, 0.3) is 0 Å². The van der Waals surface area contributed by atoms with Gasteiger partial charge in [-0.15, -0.1) is 0 Å². The zero-order valence-corrected chi connectivity index (χ0v) is 14.8. The molecule has 1 heterocycles. The van der Waals surface area contributed by atoms with Gasteiger partial charge in [-0.05, 0) is 38.1 Å². The van der Waals surface area contributed by atoms with Crippen LogP contribution in [0.15, 0.2) is 24.3 Å². The van der Waals surface area contributed by atoms with Gasteiger partial charge in [-0.2, -0.15) is 0 Å². The van der Waals surface area contributed by atoms with Gasteiger partial charge >= 0.3 is 0 Å². The average molecular weight is 339 g/mol. The van der Waals surface area contributed by atoms with Gasteiger partial charge in [-0.1, -0.05) is 0 Å². The molecule has 1 aliphatic rings. The van der Waals surface area contributed by atoms with Gasteiger partial charge in [0, 0.05) is 19.6 Å². The Bertz CT molecular complexity index is 465. The van der Waals surface area contributed by atoms with Crippen molar-refractivity contribution in [2.45, 2.75) is 32.2 Å². The fourth-order valence-corrected chi connectivity index (χ4v) is 2.56. The molecule has 1 aliphatic heterocycles. The molecule has 6 nitrogen and oxygen atoms in total. The van der Waals surface area contributed by atoms with E-state index < -0.39 is 6.10 Å². The molecule has 6 heteroatoms. The van der Waals surface area contributed by atoms with Gasteiger partial charge in [-0.25, -0.2) is 0 Å². The van der Waals surface area contributed by atoms with Gasteiger partial charge in [0.1, 0.15) is 24.2 Å². The number of β-amino-alcohol motifs (C(OH)–C–C–N with tert-alkyl or cyclic N) is 1. The molecule has 1 saturated heterocycles. The Morgan fingerprint density at radius 1 is 1.25 bits per heavy atom. The summed E-state index contributed by atoms with van der Waals surface area (Å²) >= 11 is 0. The molecule has 0 saturated carbocycles. The lowest BCUT2D eigenvalue weighted by atomic mass is 10.2. The molecule has 2 atom stereocenters. The van der Waals surface area contributed by atoms with Gasteiger partial charge in [0.2, 0.25) is 0 Å². The SMILES string of the molecule is COc1ccc(OCC2CN(CC(O)COC(C)C)CCO2)cc1. The lowest BCUT2D eigenvalue weighted by molar-refractivity contribution is -0.0679. The second-order valence-corrected chi connectivity index (χ2v) is 6.27. The molecule has 1 fully saturated rings. The summed E-state index contributed by atoms with van der Waals surface area (Å²) in [4.78, 5) is 2.19. The number of methoxy groups -OCH3 is 1. The summed E-state index contributed by atoms with van der Waals surface area (Å²) in [7, 11) is 1.64. The van der Waals surface area contributed by atoms with Crippen molar-refractivity contribution in [3.05, 3.63) is 24.3 Å². The summed E-state index contributed by atoms with van der Waals surface area (Å²) in [6.45, 7) is 7.58. The molecule has 1 N–H and O–H groups in total. The molecule has 24 heavy (non-hydrogen) atoms. The lowest BCUT2D eigenvalue weighted by Crippen LogP contribution is -2.48. The number of hydrogen-bond acceptors (Lipinski definition) is 6. The molecule has 0 aliphatic carbocycles.